The summed E-state index contributed by atoms with van der Waals surface area (Å²) >= 11 is 0.835. The number of hydrogen-bond acceptors (Lipinski definition) is 7. The van der Waals surface area contributed by atoms with Gasteiger partial charge in [-0.15, -0.1) is 10.2 Å². The molecule has 1 aromatic carbocycles. The number of carbonyl (C=O) groups excluding carboxylic acids is 1. The number of hydrogen-bond donors (Lipinski definition) is 1. The number of benzene rings is 1. The highest BCUT2D eigenvalue weighted by atomic mass is 32.2. The molecule has 7 nitrogen and oxygen atoms in total. The lowest BCUT2D eigenvalue weighted by Gasteiger charge is -2.05. The van der Waals surface area contributed by atoms with E-state index in [1.807, 2.05) is 6.92 Å². The molecule has 1 heterocycles. The average molecular weight is 355 g/mol. The van der Waals surface area contributed by atoms with Crippen molar-refractivity contribution in [1.82, 2.24) is 10.2 Å². The minimum atomic E-state index is -3.42. The lowest BCUT2D eigenvalue weighted by atomic mass is 10.2. The van der Waals surface area contributed by atoms with Crippen molar-refractivity contribution in [3.63, 3.8) is 0 Å². The number of ether oxygens (including phenoxy) is 1. The molecule has 0 spiro atoms. The number of aromatic nitrogens is 2. The van der Waals surface area contributed by atoms with Crippen molar-refractivity contribution >= 4 is 32.2 Å². The van der Waals surface area contributed by atoms with Crippen LogP contribution in [0.5, 0.6) is 5.75 Å². The van der Waals surface area contributed by atoms with Gasteiger partial charge in [0.2, 0.25) is 19.3 Å². The first-order valence-corrected chi connectivity index (χ1v) is 9.53. The van der Waals surface area contributed by atoms with Crippen molar-refractivity contribution in [2.24, 2.45) is 0 Å². The lowest BCUT2D eigenvalue weighted by Crippen LogP contribution is -2.11. The summed E-state index contributed by atoms with van der Waals surface area (Å²) in [7, 11) is -3.42. The number of sulfone groups is 1. The molecule has 0 fully saturated rings. The molecule has 0 aliphatic heterocycles. The first kappa shape index (κ1) is 17.4. The Morgan fingerprint density at radius 1 is 1.22 bits per heavy atom. The van der Waals surface area contributed by atoms with E-state index in [4.69, 9.17) is 4.74 Å². The van der Waals surface area contributed by atoms with E-state index in [0.29, 0.717) is 17.9 Å². The van der Waals surface area contributed by atoms with Gasteiger partial charge in [-0.3, -0.25) is 10.1 Å². The van der Waals surface area contributed by atoms with Crippen LogP contribution >= 0.6 is 11.3 Å². The Bertz CT molecular complexity index is 770. The Balaban J connectivity index is 2.04. The SMILES string of the molecule is CCCOc1ccc(C(=O)Nc2nnc(S(=O)(=O)CC)s2)cc1. The molecule has 0 radical (unpaired) electrons. The molecule has 23 heavy (non-hydrogen) atoms. The molecule has 1 amide bonds. The third-order valence-electron chi connectivity index (χ3n) is 2.86. The van der Waals surface area contributed by atoms with Crippen molar-refractivity contribution in [2.45, 2.75) is 24.6 Å². The van der Waals surface area contributed by atoms with Crippen LogP contribution in [0.1, 0.15) is 30.6 Å². The van der Waals surface area contributed by atoms with Crippen LogP contribution in [0.15, 0.2) is 28.6 Å². The van der Waals surface area contributed by atoms with E-state index >= 15 is 0 Å². The smallest absolute Gasteiger partial charge is 0.257 e. The van der Waals surface area contributed by atoms with Crippen LogP contribution in [0.2, 0.25) is 0 Å². The molecule has 1 aromatic heterocycles. The van der Waals surface area contributed by atoms with Crippen LogP contribution in [0.25, 0.3) is 0 Å². The Kier molecular flexibility index (Phi) is 5.67. The number of carbonyl (C=O) groups is 1. The Morgan fingerprint density at radius 2 is 1.91 bits per heavy atom. The van der Waals surface area contributed by atoms with Gasteiger partial charge in [-0.1, -0.05) is 25.2 Å². The van der Waals surface area contributed by atoms with Crippen LogP contribution in [-0.2, 0) is 9.84 Å². The van der Waals surface area contributed by atoms with Gasteiger partial charge in [0.1, 0.15) is 5.75 Å². The quantitative estimate of drug-likeness (QED) is 0.766. The first-order chi connectivity index (χ1) is 11.0. The molecule has 0 atom stereocenters. The third-order valence-corrected chi connectivity index (χ3v) is 5.88. The molecule has 0 aliphatic carbocycles. The maximum Gasteiger partial charge on any atom is 0.257 e. The molecular weight excluding hydrogens is 338 g/mol. The van der Waals surface area contributed by atoms with Gasteiger partial charge in [0.05, 0.1) is 12.4 Å². The van der Waals surface area contributed by atoms with Gasteiger partial charge < -0.3 is 4.74 Å². The molecule has 0 aliphatic rings. The van der Waals surface area contributed by atoms with Gasteiger partial charge in [-0.25, -0.2) is 8.42 Å². The fraction of sp³-hybridized carbons (Fsp3) is 0.357. The van der Waals surface area contributed by atoms with Crippen molar-refractivity contribution in [3.8, 4) is 5.75 Å². The molecule has 2 rings (SSSR count). The maximum absolute atomic E-state index is 12.1. The average Bonchev–Trinajstić information content (AvgIpc) is 3.02. The second-order valence-corrected chi connectivity index (χ2v) is 8.03. The van der Waals surface area contributed by atoms with Gasteiger partial charge in [0.25, 0.3) is 5.91 Å². The monoisotopic (exact) mass is 355 g/mol. The minimum Gasteiger partial charge on any atom is -0.494 e. The molecule has 0 saturated heterocycles. The zero-order chi connectivity index (χ0) is 16.9. The lowest BCUT2D eigenvalue weighted by molar-refractivity contribution is 0.102. The number of nitrogens with zero attached hydrogens (tertiary/aromatic N) is 2. The van der Waals surface area contributed by atoms with Crippen molar-refractivity contribution < 1.29 is 17.9 Å². The summed E-state index contributed by atoms with van der Waals surface area (Å²) in [4.78, 5) is 12.1. The van der Waals surface area contributed by atoms with E-state index in [0.717, 1.165) is 17.8 Å². The number of amides is 1. The first-order valence-electron chi connectivity index (χ1n) is 7.06. The normalized spacial score (nSPS) is 11.2. The summed E-state index contributed by atoms with van der Waals surface area (Å²) in [6.45, 7) is 4.15. The van der Waals surface area contributed by atoms with E-state index in [9.17, 15) is 13.2 Å². The fourth-order valence-electron chi connectivity index (χ4n) is 1.60. The van der Waals surface area contributed by atoms with E-state index in [2.05, 4.69) is 15.5 Å². The summed E-state index contributed by atoms with van der Waals surface area (Å²) in [5, 5.41) is 9.97. The molecule has 124 valence electrons. The number of nitrogens with one attached hydrogen (secondary N) is 1. The molecule has 0 saturated carbocycles. The summed E-state index contributed by atoms with van der Waals surface area (Å²) < 4.78 is 28.7. The molecule has 2 aromatic rings. The predicted molar refractivity (Wildman–Crippen MR) is 87.8 cm³/mol. The molecule has 9 heteroatoms. The highest BCUT2D eigenvalue weighted by Crippen LogP contribution is 2.21. The summed E-state index contributed by atoms with van der Waals surface area (Å²) in [5.41, 5.74) is 0.420. The van der Waals surface area contributed by atoms with E-state index in [-0.39, 0.29) is 21.1 Å². The molecule has 0 bridgehead atoms. The summed E-state index contributed by atoms with van der Waals surface area (Å²) in [6.07, 6.45) is 0.905. The molecule has 1 N–H and O–H groups in total. The van der Waals surface area contributed by atoms with Gasteiger partial charge in [0, 0.05) is 5.56 Å². The van der Waals surface area contributed by atoms with E-state index < -0.39 is 9.84 Å². The minimum absolute atomic E-state index is 0.0607. The maximum atomic E-state index is 12.1. The van der Waals surface area contributed by atoms with E-state index in [1.54, 1.807) is 24.3 Å². The van der Waals surface area contributed by atoms with Gasteiger partial charge in [-0.2, -0.15) is 0 Å². The number of rotatable bonds is 7. The van der Waals surface area contributed by atoms with Crippen LogP contribution in [0.4, 0.5) is 5.13 Å². The van der Waals surface area contributed by atoms with Crippen LogP contribution in [-0.4, -0.2) is 36.9 Å². The molecular formula is C14H17N3O4S2. The van der Waals surface area contributed by atoms with Crippen molar-refractivity contribution in [2.75, 3.05) is 17.7 Å². The van der Waals surface area contributed by atoms with E-state index in [1.165, 1.54) is 6.92 Å². The highest BCUT2D eigenvalue weighted by Gasteiger charge is 2.19. The van der Waals surface area contributed by atoms with Crippen LogP contribution < -0.4 is 10.1 Å². The highest BCUT2D eigenvalue weighted by molar-refractivity contribution is 7.93. The zero-order valence-corrected chi connectivity index (χ0v) is 14.4. The van der Waals surface area contributed by atoms with Gasteiger partial charge in [-0.05, 0) is 30.7 Å². The standard InChI is InChI=1S/C14H17N3O4S2/c1-3-9-21-11-7-5-10(6-8-11)12(18)15-13-16-17-14(22-13)23(19,20)4-2/h5-8H,3-4,9H2,1-2H3,(H,15,16,18). The van der Waals surface area contributed by atoms with Gasteiger partial charge >= 0.3 is 0 Å². The largest absolute Gasteiger partial charge is 0.494 e. The van der Waals surface area contributed by atoms with Crippen LogP contribution in [0, 0.1) is 0 Å². The summed E-state index contributed by atoms with van der Waals surface area (Å²) in [6, 6.07) is 6.67. The molecule has 0 unspecified atom stereocenters. The van der Waals surface area contributed by atoms with Crippen molar-refractivity contribution in [1.29, 1.82) is 0 Å². The van der Waals surface area contributed by atoms with Crippen LogP contribution in [0.3, 0.4) is 0 Å². The zero-order valence-electron chi connectivity index (χ0n) is 12.8. The topological polar surface area (TPSA) is 98.2 Å². The third kappa shape index (κ3) is 4.49. The predicted octanol–water partition coefficient (Wildman–Crippen LogP) is 2.37. The summed E-state index contributed by atoms with van der Waals surface area (Å²) in [5.74, 6) is 0.244. The Labute approximate surface area is 138 Å². The van der Waals surface area contributed by atoms with Gasteiger partial charge in [0.15, 0.2) is 0 Å². The van der Waals surface area contributed by atoms with Crippen molar-refractivity contribution in [3.05, 3.63) is 29.8 Å². The fourth-order valence-corrected chi connectivity index (χ4v) is 3.58. The second kappa shape index (κ2) is 7.51. The Morgan fingerprint density at radius 3 is 2.52 bits per heavy atom. The number of anilines is 1. The Hall–Kier alpha value is -2.00. The second-order valence-electron chi connectivity index (χ2n) is 4.60.